The lowest BCUT2D eigenvalue weighted by Gasteiger charge is -1.98. The van der Waals surface area contributed by atoms with E-state index in [9.17, 15) is 0 Å². The number of nitrogens with zero attached hydrogens (tertiary/aromatic N) is 2. The molecule has 84 valence electrons. The first-order valence-corrected chi connectivity index (χ1v) is 5.63. The Morgan fingerprint density at radius 3 is 2.56 bits per heavy atom. The van der Waals surface area contributed by atoms with Crippen LogP contribution >= 0.6 is 11.6 Å². The van der Waals surface area contributed by atoms with Crippen LogP contribution in [0.25, 0.3) is 0 Å². The molecule has 16 heavy (non-hydrogen) atoms. The maximum atomic E-state index is 5.83. The fraction of sp³-hybridized carbons (Fsp3) is 0.250. The summed E-state index contributed by atoms with van der Waals surface area (Å²) >= 11 is 5.83. The van der Waals surface area contributed by atoms with E-state index in [1.807, 2.05) is 42.0 Å². The molecule has 0 fully saturated rings. The van der Waals surface area contributed by atoms with Crippen LogP contribution in [-0.2, 0) is 13.0 Å². The molecule has 0 atom stereocenters. The van der Waals surface area contributed by atoms with Crippen molar-refractivity contribution in [3.8, 4) is 0 Å². The van der Waals surface area contributed by atoms with Gasteiger partial charge in [0.2, 0.25) is 0 Å². The summed E-state index contributed by atoms with van der Waals surface area (Å²) in [7, 11) is 0. The summed E-state index contributed by atoms with van der Waals surface area (Å²) in [5.41, 5.74) is 7.93. The first-order valence-electron chi connectivity index (χ1n) is 5.25. The van der Waals surface area contributed by atoms with Crippen LogP contribution in [0.4, 0.5) is 5.95 Å². The fourth-order valence-corrected chi connectivity index (χ4v) is 1.76. The van der Waals surface area contributed by atoms with Gasteiger partial charge in [-0.1, -0.05) is 23.7 Å². The highest BCUT2D eigenvalue weighted by Crippen LogP contribution is 2.14. The predicted octanol–water partition coefficient (Wildman–Crippen LogP) is 2.73. The summed E-state index contributed by atoms with van der Waals surface area (Å²) in [4.78, 5) is 4.31. The second kappa shape index (κ2) is 4.58. The first-order chi connectivity index (χ1) is 7.69. The average molecular weight is 236 g/mol. The number of hydrogen-bond donors (Lipinski definition) is 1. The maximum Gasteiger partial charge on any atom is 0.200 e. The Morgan fingerprint density at radius 1 is 1.31 bits per heavy atom. The number of hydrogen-bond acceptors (Lipinski definition) is 2. The van der Waals surface area contributed by atoms with Gasteiger partial charge >= 0.3 is 0 Å². The van der Waals surface area contributed by atoms with Gasteiger partial charge in [-0.15, -0.1) is 0 Å². The molecular formula is C12H14ClN3. The molecule has 0 unspecified atom stereocenters. The van der Waals surface area contributed by atoms with Gasteiger partial charge in [-0.2, -0.15) is 0 Å². The largest absolute Gasteiger partial charge is 0.369 e. The SMILES string of the molecule is CCn1cc(Cc2ccc(Cl)cc2)nc1N. The van der Waals surface area contributed by atoms with E-state index in [-0.39, 0.29) is 0 Å². The quantitative estimate of drug-likeness (QED) is 0.889. The Morgan fingerprint density at radius 2 is 2.00 bits per heavy atom. The number of nitrogens with two attached hydrogens (primary N) is 1. The normalized spacial score (nSPS) is 10.6. The van der Waals surface area contributed by atoms with Gasteiger partial charge in [-0.05, 0) is 24.6 Å². The average Bonchev–Trinajstić information content (AvgIpc) is 2.62. The number of nitrogen functional groups attached to an aromatic ring is 1. The highest BCUT2D eigenvalue weighted by Gasteiger charge is 2.04. The first kappa shape index (κ1) is 11.0. The van der Waals surface area contributed by atoms with Gasteiger partial charge in [-0.25, -0.2) is 4.98 Å². The van der Waals surface area contributed by atoms with Crippen LogP contribution in [-0.4, -0.2) is 9.55 Å². The van der Waals surface area contributed by atoms with Crippen molar-refractivity contribution in [3.63, 3.8) is 0 Å². The zero-order chi connectivity index (χ0) is 11.5. The third-order valence-electron chi connectivity index (χ3n) is 2.50. The van der Waals surface area contributed by atoms with E-state index in [0.29, 0.717) is 5.95 Å². The Labute approximate surface area is 99.9 Å². The minimum absolute atomic E-state index is 0.575. The molecule has 0 spiro atoms. The van der Waals surface area contributed by atoms with Crippen molar-refractivity contribution in [1.82, 2.24) is 9.55 Å². The highest BCUT2D eigenvalue weighted by molar-refractivity contribution is 6.30. The van der Waals surface area contributed by atoms with Crippen LogP contribution < -0.4 is 5.73 Å². The third-order valence-corrected chi connectivity index (χ3v) is 2.75. The molecule has 4 heteroatoms. The standard InChI is InChI=1S/C12H14ClN3/c1-2-16-8-11(15-12(16)14)7-9-3-5-10(13)6-4-9/h3-6,8H,2,7H2,1H3,(H2,14,15). The van der Waals surface area contributed by atoms with Crippen molar-refractivity contribution < 1.29 is 0 Å². The molecule has 0 aliphatic rings. The maximum absolute atomic E-state index is 5.83. The van der Waals surface area contributed by atoms with Gasteiger partial charge in [0, 0.05) is 24.2 Å². The van der Waals surface area contributed by atoms with Crippen molar-refractivity contribution in [3.05, 3.63) is 46.7 Å². The van der Waals surface area contributed by atoms with Crippen LogP contribution in [0.2, 0.25) is 5.02 Å². The van der Waals surface area contributed by atoms with Gasteiger partial charge < -0.3 is 10.3 Å². The molecule has 0 saturated heterocycles. The molecule has 1 heterocycles. The second-order valence-electron chi connectivity index (χ2n) is 3.68. The van der Waals surface area contributed by atoms with Crippen molar-refractivity contribution >= 4 is 17.5 Å². The summed E-state index contributed by atoms with van der Waals surface area (Å²) < 4.78 is 1.94. The molecule has 0 radical (unpaired) electrons. The molecule has 2 rings (SSSR count). The van der Waals surface area contributed by atoms with E-state index in [1.54, 1.807) is 0 Å². The van der Waals surface area contributed by atoms with E-state index in [2.05, 4.69) is 4.98 Å². The van der Waals surface area contributed by atoms with E-state index < -0.39 is 0 Å². The van der Waals surface area contributed by atoms with E-state index >= 15 is 0 Å². The van der Waals surface area contributed by atoms with Crippen molar-refractivity contribution in [2.24, 2.45) is 0 Å². The van der Waals surface area contributed by atoms with Crippen LogP contribution in [0.3, 0.4) is 0 Å². The molecule has 0 aliphatic carbocycles. The number of aromatic nitrogens is 2. The molecule has 2 N–H and O–H groups in total. The molecule has 2 aromatic rings. The number of imidazole rings is 1. The Bertz CT molecular complexity index is 474. The highest BCUT2D eigenvalue weighted by atomic mass is 35.5. The summed E-state index contributed by atoms with van der Waals surface area (Å²) in [5, 5.41) is 0.752. The monoisotopic (exact) mass is 235 g/mol. The summed E-state index contributed by atoms with van der Waals surface area (Å²) in [6.07, 6.45) is 2.78. The smallest absolute Gasteiger partial charge is 0.200 e. The number of anilines is 1. The van der Waals surface area contributed by atoms with Crippen molar-refractivity contribution in [2.45, 2.75) is 19.9 Å². The van der Waals surface area contributed by atoms with Gasteiger partial charge in [0.1, 0.15) is 0 Å². The molecule has 0 amide bonds. The number of halogens is 1. The van der Waals surface area contributed by atoms with Crippen LogP contribution in [0, 0.1) is 0 Å². The third kappa shape index (κ3) is 2.36. The van der Waals surface area contributed by atoms with Gasteiger partial charge in [-0.3, -0.25) is 0 Å². The van der Waals surface area contributed by atoms with E-state index in [0.717, 1.165) is 23.7 Å². The summed E-state index contributed by atoms with van der Waals surface area (Å²) in [5.74, 6) is 0.575. The second-order valence-corrected chi connectivity index (χ2v) is 4.12. The molecule has 1 aromatic heterocycles. The molecular weight excluding hydrogens is 222 g/mol. The van der Waals surface area contributed by atoms with Crippen molar-refractivity contribution in [1.29, 1.82) is 0 Å². The van der Waals surface area contributed by atoms with Crippen LogP contribution in [0.1, 0.15) is 18.2 Å². The molecule has 0 bridgehead atoms. The van der Waals surface area contributed by atoms with E-state index in [1.165, 1.54) is 5.56 Å². The minimum Gasteiger partial charge on any atom is -0.369 e. The van der Waals surface area contributed by atoms with Crippen LogP contribution in [0.5, 0.6) is 0 Å². The molecule has 3 nitrogen and oxygen atoms in total. The zero-order valence-corrected chi connectivity index (χ0v) is 9.91. The van der Waals surface area contributed by atoms with Gasteiger partial charge in [0.05, 0.1) is 5.69 Å². The molecule has 0 aliphatic heterocycles. The lowest BCUT2D eigenvalue weighted by atomic mass is 10.1. The van der Waals surface area contributed by atoms with Crippen molar-refractivity contribution in [2.75, 3.05) is 5.73 Å². The number of rotatable bonds is 3. The Hall–Kier alpha value is -1.48. The lowest BCUT2D eigenvalue weighted by molar-refractivity contribution is 0.773. The summed E-state index contributed by atoms with van der Waals surface area (Å²) in [6.45, 7) is 2.89. The Kier molecular flexibility index (Phi) is 3.15. The minimum atomic E-state index is 0.575. The number of aryl methyl sites for hydroxylation is 1. The van der Waals surface area contributed by atoms with Crippen LogP contribution in [0.15, 0.2) is 30.5 Å². The topological polar surface area (TPSA) is 43.8 Å². The molecule has 0 saturated carbocycles. The fourth-order valence-electron chi connectivity index (χ4n) is 1.64. The summed E-state index contributed by atoms with van der Waals surface area (Å²) in [6, 6.07) is 7.78. The molecule has 1 aromatic carbocycles. The van der Waals surface area contributed by atoms with Gasteiger partial charge in [0.25, 0.3) is 0 Å². The lowest BCUT2D eigenvalue weighted by Crippen LogP contribution is -1.98. The Balaban J connectivity index is 2.17. The zero-order valence-electron chi connectivity index (χ0n) is 9.15. The number of benzene rings is 1. The van der Waals surface area contributed by atoms with E-state index in [4.69, 9.17) is 17.3 Å². The van der Waals surface area contributed by atoms with Gasteiger partial charge in [0.15, 0.2) is 5.95 Å². The predicted molar refractivity (Wildman–Crippen MR) is 66.6 cm³/mol.